The van der Waals surface area contributed by atoms with Crippen molar-refractivity contribution >= 4 is 29.2 Å². The van der Waals surface area contributed by atoms with Crippen LogP contribution in [-0.4, -0.2) is 104 Å². The first kappa shape index (κ1) is 38.0. The van der Waals surface area contributed by atoms with E-state index >= 15 is 0 Å². The molecule has 51 heavy (non-hydrogen) atoms. The zero-order chi connectivity index (χ0) is 37.9. The van der Waals surface area contributed by atoms with Crippen molar-refractivity contribution in [3.05, 3.63) is 51.6 Å². The van der Waals surface area contributed by atoms with Crippen molar-refractivity contribution in [3.63, 3.8) is 0 Å². The number of methoxy groups -OCH3 is 1. The standard InChI is InChI=1S/C36H45N3O12/c1-14(2)10-20(38)35(47)39(34(46)15(3)37)21-11-24(50-16(4)29(21)41)51-23-13-36(48,17(5)40)12-19-26(23)33(45)28-27(31(19)43)30(42)18-8-7-9-22(49-6)25(18)32(28)44/h7-9,14-16,20-21,23-24,29,41,43,45,48H,10-13,37-38H2,1-6H3/t15-,16?,20-,21?,23-,24?,29?,36-/m0/s1. The molecule has 276 valence electrons. The van der Waals surface area contributed by atoms with Gasteiger partial charge in [-0.3, -0.25) is 28.9 Å². The van der Waals surface area contributed by atoms with Crippen LogP contribution >= 0.6 is 0 Å². The van der Waals surface area contributed by atoms with Crippen LogP contribution in [0.3, 0.4) is 0 Å². The molecule has 5 rings (SSSR count). The topological polar surface area (TPSA) is 249 Å². The van der Waals surface area contributed by atoms with Gasteiger partial charge < -0.3 is 46.1 Å². The lowest BCUT2D eigenvalue weighted by atomic mass is 9.72. The summed E-state index contributed by atoms with van der Waals surface area (Å²) >= 11 is 0. The fraction of sp³-hybridized carbons (Fsp3) is 0.528. The first-order valence-corrected chi connectivity index (χ1v) is 16.8. The predicted octanol–water partition coefficient (Wildman–Crippen LogP) is 1.15. The van der Waals surface area contributed by atoms with E-state index in [4.69, 9.17) is 25.7 Å². The van der Waals surface area contributed by atoms with Gasteiger partial charge in [0.2, 0.25) is 17.6 Å². The van der Waals surface area contributed by atoms with Crippen LogP contribution in [0.1, 0.15) is 103 Å². The lowest BCUT2D eigenvalue weighted by Crippen LogP contribution is -2.63. The van der Waals surface area contributed by atoms with Gasteiger partial charge in [-0.25, -0.2) is 0 Å². The van der Waals surface area contributed by atoms with E-state index in [2.05, 4.69) is 0 Å². The van der Waals surface area contributed by atoms with Gasteiger partial charge in [-0.15, -0.1) is 0 Å². The molecule has 8 atom stereocenters. The van der Waals surface area contributed by atoms with Crippen molar-refractivity contribution in [1.29, 1.82) is 0 Å². The third kappa shape index (κ3) is 6.54. The third-order valence-electron chi connectivity index (χ3n) is 9.96. The molecule has 8 N–H and O–H groups in total. The Morgan fingerprint density at radius 3 is 2.27 bits per heavy atom. The van der Waals surface area contributed by atoms with Gasteiger partial charge in [0.05, 0.1) is 54.1 Å². The highest BCUT2D eigenvalue weighted by Gasteiger charge is 2.51. The van der Waals surface area contributed by atoms with Crippen LogP contribution in [0.5, 0.6) is 17.2 Å². The molecule has 4 unspecified atom stereocenters. The van der Waals surface area contributed by atoms with E-state index in [0.29, 0.717) is 0 Å². The summed E-state index contributed by atoms with van der Waals surface area (Å²) in [7, 11) is 1.31. The molecule has 0 radical (unpaired) electrons. The number of aromatic hydroxyl groups is 2. The van der Waals surface area contributed by atoms with E-state index in [1.807, 2.05) is 13.8 Å². The second kappa shape index (κ2) is 14.1. The first-order chi connectivity index (χ1) is 23.8. The molecule has 0 saturated carbocycles. The molecule has 1 saturated heterocycles. The van der Waals surface area contributed by atoms with E-state index in [1.54, 1.807) is 0 Å². The molecule has 0 spiro atoms. The van der Waals surface area contributed by atoms with Crippen LogP contribution < -0.4 is 16.2 Å². The molecule has 1 aliphatic heterocycles. The lowest BCUT2D eigenvalue weighted by molar-refractivity contribution is -0.256. The number of Topliss-reactive ketones (excluding diaryl/α,β-unsaturated/α-hetero) is 1. The van der Waals surface area contributed by atoms with Gasteiger partial charge >= 0.3 is 0 Å². The number of phenolic OH excluding ortho intramolecular Hbond substituents is 2. The summed E-state index contributed by atoms with van der Waals surface area (Å²) in [5.41, 5.74) is 8.37. The highest BCUT2D eigenvalue weighted by Crippen LogP contribution is 2.52. The predicted molar refractivity (Wildman–Crippen MR) is 179 cm³/mol. The van der Waals surface area contributed by atoms with Gasteiger partial charge in [-0.05, 0) is 39.2 Å². The largest absolute Gasteiger partial charge is 0.507 e. The maximum absolute atomic E-state index is 13.9. The number of fused-ring (bicyclic) bond motifs is 3. The minimum Gasteiger partial charge on any atom is -0.507 e. The highest BCUT2D eigenvalue weighted by atomic mass is 16.7. The quantitative estimate of drug-likeness (QED) is 0.171. The second-order valence-corrected chi connectivity index (χ2v) is 14.1. The Morgan fingerprint density at radius 2 is 1.69 bits per heavy atom. The van der Waals surface area contributed by atoms with Crippen molar-refractivity contribution in [3.8, 4) is 17.2 Å². The summed E-state index contributed by atoms with van der Waals surface area (Å²) < 4.78 is 17.6. The van der Waals surface area contributed by atoms with Gasteiger partial charge in [0.1, 0.15) is 29.0 Å². The molecule has 1 fully saturated rings. The molecule has 2 amide bonds. The molecular formula is C36H45N3O12. The van der Waals surface area contributed by atoms with Crippen molar-refractivity contribution in [1.82, 2.24) is 4.90 Å². The van der Waals surface area contributed by atoms with Crippen LogP contribution in [0, 0.1) is 5.92 Å². The number of ketones is 3. The average Bonchev–Trinajstić information content (AvgIpc) is 3.06. The SMILES string of the molecule is COc1cccc2c1C(=O)c1c(O)c3c(c(O)c1C2=O)C[C@@](O)(C(C)=O)C[C@@H]3OC1CC(N(C(=O)[C@H](C)N)C(=O)[C@@H](N)CC(C)C)C(O)C(C)O1. The third-order valence-corrected chi connectivity index (χ3v) is 9.96. The fourth-order valence-corrected chi connectivity index (χ4v) is 7.30. The first-order valence-electron chi connectivity index (χ1n) is 16.8. The molecular weight excluding hydrogens is 666 g/mol. The van der Waals surface area contributed by atoms with Crippen molar-refractivity contribution in [2.45, 2.75) is 109 Å². The van der Waals surface area contributed by atoms with Gasteiger partial charge in [0.25, 0.3) is 0 Å². The Morgan fingerprint density at radius 1 is 1.04 bits per heavy atom. The summed E-state index contributed by atoms with van der Waals surface area (Å²) in [5.74, 6) is -5.23. The monoisotopic (exact) mass is 711 g/mol. The van der Waals surface area contributed by atoms with Crippen LogP contribution in [0.4, 0.5) is 0 Å². The number of amides is 2. The number of hydrogen-bond acceptors (Lipinski definition) is 14. The summed E-state index contributed by atoms with van der Waals surface area (Å²) in [6.45, 7) is 7.71. The molecule has 0 bridgehead atoms. The van der Waals surface area contributed by atoms with Crippen LogP contribution in [0.2, 0.25) is 0 Å². The molecule has 3 aliphatic rings. The number of carbonyl (C=O) groups excluding carboxylic acids is 5. The maximum Gasteiger partial charge on any atom is 0.246 e. The molecule has 15 nitrogen and oxygen atoms in total. The van der Waals surface area contributed by atoms with Crippen molar-refractivity contribution in [2.24, 2.45) is 17.4 Å². The van der Waals surface area contributed by atoms with Gasteiger partial charge in [0, 0.05) is 36.0 Å². The number of phenols is 2. The lowest BCUT2D eigenvalue weighted by Gasteiger charge is -2.45. The van der Waals surface area contributed by atoms with E-state index < -0.39 is 113 Å². The molecule has 2 aromatic rings. The summed E-state index contributed by atoms with van der Waals surface area (Å²) in [4.78, 5) is 68.4. The van der Waals surface area contributed by atoms with Crippen LogP contribution in [0.25, 0.3) is 0 Å². The maximum atomic E-state index is 13.9. The van der Waals surface area contributed by atoms with Crippen LogP contribution in [0.15, 0.2) is 18.2 Å². The summed E-state index contributed by atoms with van der Waals surface area (Å²) in [6.07, 6.45) is -6.35. The molecule has 2 aromatic carbocycles. The minimum atomic E-state index is -2.16. The van der Waals surface area contributed by atoms with Crippen molar-refractivity contribution in [2.75, 3.05) is 7.11 Å². The minimum absolute atomic E-state index is 0.00351. The Bertz CT molecular complexity index is 1790. The van der Waals surface area contributed by atoms with E-state index in [1.165, 1.54) is 39.2 Å². The number of rotatable bonds is 9. The zero-order valence-electron chi connectivity index (χ0n) is 29.3. The Labute approximate surface area is 294 Å². The molecule has 15 heteroatoms. The van der Waals surface area contributed by atoms with Gasteiger partial charge in [-0.1, -0.05) is 26.0 Å². The molecule has 0 aromatic heterocycles. The molecule has 2 aliphatic carbocycles. The number of nitrogens with two attached hydrogens (primary N) is 2. The number of hydrogen-bond donors (Lipinski definition) is 6. The van der Waals surface area contributed by atoms with Gasteiger partial charge in [0.15, 0.2) is 17.9 Å². The zero-order valence-corrected chi connectivity index (χ0v) is 29.3. The normalized spacial score (nSPS) is 26.8. The smallest absolute Gasteiger partial charge is 0.246 e. The number of nitrogens with zero attached hydrogens (tertiary/aromatic N) is 1. The Balaban J connectivity index is 1.60. The van der Waals surface area contributed by atoms with Crippen LogP contribution in [-0.2, 0) is 30.3 Å². The Kier molecular flexibility index (Phi) is 10.5. The second-order valence-electron chi connectivity index (χ2n) is 14.1. The van der Waals surface area contributed by atoms with Gasteiger partial charge in [-0.2, -0.15) is 0 Å². The number of ether oxygens (including phenoxy) is 3. The highest BCUT2D eigenvalue weighted by molar-refractivity contribution is 6.31. The van der Waals surface area contributed by atoms with E-state index in [-0.39, 0.29) is 46.8 Å². The number of imide groups is 1. The fourth-order valence-electron chi connectivity index (χ4n) is 7.30. The van der Waals surface area contributed by atoms with E-state index in [0.717, 1.165) is 11.8 Å². The number of carbonyl (C=O) groups is 5. The number of aliphatic hydroxyl groups is 2. The van der Waals surface area contributed by atoms with E-state index in [9.17, 15) is 44.4 Å². The number of aliphatic hydroxyl groups excluding tert-OH is 1. The Hall–Kier alpha value is -4.25. The summed E-state index contributed by atoms with van der Waals surface area (Å²) in [5, 5.41) is 46.2. The average molecular weight is 712 g/mol. The molecule has 1 heterocycles. The van der Waals surface area contributed by atoms with Crippen molar-refractivity contribution < 1.29 is 58.6 Å². The summed E-state index contributed by atoms with van der Waals surface area (Å²) in [6, 6.07) is 0.854. The number of benzene rings is 2.